The summed E-state index contributed by atoms with van der Waals surface area (Å²) in [4.78, 5) is 0. The summed E-state index contributed by atoms with van der Waals surface area (Å²) in [6.45, 7) is 2.43. The van der Waals surface area contributed by atoms with Gasteiger partial charge in [-0.25, -0.2) is 0 Å². The van der Waals surface area contributed by atoms with Gasteiger partial charge in [0.15, 0.2) is 0 Å². The Balaban J connectivity index is 2.01. The van der Waals surface area contributed by atoms with E-state index in [1.807, 2.05) is 0 Å². The van der Waals surface area contributed by atoms with Crippen LogP contribution >= 0.6 is 0 Å². The predicted octanol–water partition coefficient (Wildman–Crippen LogP) is 0.257. The van der Waals surface area contributed by atoms with Crippen LogP contribution in [0.1, 0.15) is 25.7 Å². The van der Waals surface area contributed by atoms with Crippen molar-refractivity contribution >= 4 is 10.2 Å². The maximum Gasteiger partial charge on any atom is 0.281 e. The summed E-state index contributed by atoms with van der Waals surface area (Å²) in [5.74, 6) is 0.487. The minimum absolute atomic E-state index is 0.487. The van der Waals surface area contributed by atoms with Crippen LogP contribution in [0.25, 0.3) is 0 Å². The smallest absolute Gasteiger partial charge is 0.281 e. The molecule has 2 heterocycles. The first-order valence-corrected chi connectivity index (χ1v) is 7.82. The van der Waals surface area contributed by atoms with E-state index in [-0.39, 0.29) is 0 Å². The van der Waals surface area contributed by atoms with Gasteiger partial charge in [0.25, 0.3) is 10.2 Å². The fourth-order valence-corrected chi connectivity index (χ4v) is 4.06. The zero-order chi connectivity index (χ0) is 12.5. The van der Waals surface area contributed by atoms with Gasteiger partial charge in [0, 0.05) is 33.2 Å². The van der Waals surface area contributed by atoms with E-state index < -0.39 is 10.2 Å². The molecule has 2 atom stereocenters. The Morgan fingerprint density at radius 1 is 1.24 bits per heavy atom. The maximum absolute atomic E-state index is 12.1. The highest BCUT2D eigenvalue weighted by molar-refractivity contribution is 7.86. The SMILES string of the molecule is CN(C)S(=O)(=O)N1CCCC(C2CCCN2)C1. The van der Waals surface area contributed by atoms with E-state index in [0.717, 1.165) is 19.4 Å². The number of rotatable bonds is 3. The third-order valence-electron chi connectivity index (χ3n) is 3.88. The molecule has 0 bridgehead atoms. The molecular formula is C11H23N3O2S. The zero-order valence-electron chi connectivity index (χ0n) is 10.7. The highest BCUT2D eigenvalue weighted by Crippen LogP contribution is 2.26. The van der Waals surface area contributed by atoms with Gasteiger partial charge < -0.3 is 5.32 Å². The molecule has 0 aromatic rings. The van der Waals surface area contributed by atoms with Gasteiger partial charge in [0.05, 0.1) is 0 Å². The Bertz CT molecular complexity index is 350. The molecule has 0 radical (unpaired) electrons. The third-order valence-corrected chi connectivity index (χ3v) is 5.78. The Hall–Kier alpha value is -0.170. The number of nitrogens with one attached hydrogen (secondary N) is 1. The zero-order valence-corrected chi connectivity index (χ0v) is 11.5. The minimum atomic E-state index is -3.22. The molecule has 0 aromatic carbocycles. The number of hydrogen-bond acceptors (Lipinski definition) is 3. The fraction of sp³-hybridized carbons (Fsp3) is 1.00. The lowest BCUT2D eigenvalue weighted by molar-refractivity contribution is 0.219. The van der Waals surface area contributed by atoms with Gasteiger partial charge in [-0.1, -0.05) is 0 Å². The second kappa shape index (κ2) is 5.22. The summed E-state index contributed by atoms with van der Waals surface area (Å²) < 4.78 is 27.1. The Labute approximate surface area is 104 Å². The van der Waals surface area contributed by atoms with Gasteiger partial charge in [0.1, 0.15) is 0 Å². The Kier molecular flexibility index (Phi) is 4.07. The molecule has 6 heteroatoms. The molecule has 2 aliphatic heterocycles. The van der Waals surface area contributed by atoms with Crippen LogP contribution < -0.4 is 5.32 Å². The summed E-state index contributed by atoms with van der Waals surface area (Å²) in [6, 6.07) is 0.523. The van der Waals surface area contributed by atoms with Crippen LogP contribution in [0.5, 0.6) is 0 Å². The van der Waals surface area contributed by atoms with E-state index in [4.69, 9.17) is 0 Å². The predicted molar refractivity (Wildman–Crippen MR) is 67.9 cm³/mol. The van der Waals surface area contributed by atoms with Crippen molar-refractivity contribution in [3.8, 4) is 0 Å². The molecule has 2 unspecified atom stereocenters. The van der Waals surface area contributed by atoms with E-state index in [9.17, 15) is 8.42 Å². The van der Waals surface area contributed by atoms with Crippen molar-refractivity contribution in [2.24, 2.45) is 5.92 Å². The molecule has 2 fully saturated rings. The van der Waals surface area contributed by atoms with Crippen LogP contribution in [0.15, 0.2) is 0 Å². The van der Waals surface area contributed by atoms with Crippen LogP contribution in [-0.4, -0.2) is 56.8 Å². The lowest BCUT2D eigenvalue weighted by atomic mass is 9.91. The van der Waals surface area contributed by atoms with Crippen LogP contribution in [0.3, 0.4) is 0 Å². The van der Waals surface area contributed by atoms with E-state index in [1.165, 1.54) is 17.1 Å². The molecule has 5 nitrogen and oxygen atoms in total. The average molecular weight is 261 g/mol. The third kappa shape index (κ3) is 2.81. The van der Waals surface area contributed by atoms with Gasteiger partial charge in [0.2, 0.25) is 0 Å². The lowest BCUT2D eigenvalue weighted by Crippen LogP contribution is -2.49. The lowest BCUT2D eigenvalue weighted by Gasteiger charge is -2.36. The molecule has 2 saturated heterocycles. The molecule has 100 valence electrons. The first-order chi connectivity index (χ1) is 8.01. The van der Waals surface area contributed by atoms with Crippen molar-refractivity contribution in [1.29, 1.82) is 0 Å². The van der Waals surface area contributed by atoms with Gasteiger partial charge in [-0.05, 0) is 38.1 Å². The highest BCUT2D eigenvalue weighted by Gasteiger charge is 2.34. The maximum atomic E-state index is 12.1. The standard InChI is InChI=1S/C11H23N3O2S/c1-13(2)17(15,16)14-8-4-5-10(9-14)11-6-3-7-12-11/h10-12H,3-9H2,1-2H3. The summed E-state index contributed by atoms with van der Waals surface area (Å²) in [5.41, 5.74) is 0. The number of piperidine rings is 1. The van der Waals surface area contributed by atoms with Crippen molar-refractivity contribution in [2.75, 3.05) is 33.7 Å². The summed E-state index contributed by atoms with van der Waals surface area (Å²) >= 11 is 0. The monoisotopic (exact) mass is 261 g/mol. The Morgan fingerprint density at radius 3 is 2.59 bits per heavy atom. The Morgan fingerprint density at radius 2 is 2.00 bits per heavy atom. The topological polar surface area (TPSA) is 52.7 Å². The summed E-state index contributed by atoms with van der Waals surface area (Å²) in [6.07, 6.45) is 4.55. The summed E-state index contributed by atoms with van der Waals surface area (Å²) in [7, 11) is -0.0157. The summed E-state index contributed by atoms with van der Waals surface area (Å²) in [5, 5.41) is 3.49. The molecule has 17 heavy (non-hydrogen) atoms. The van der Waals surface area contributed by atoms with Crippen molar-refractivity contribution < 1.29 is 8.42 Å². The molecular weight excluding hydrogens is 238 g/mol. The average Bonchev–Trinajstić information content (AvgIpc) is 2.82. The molecule has 0 aromatic heterocycles. The second-order valence-corrected chi connectivity index (χ2v) is 7.40. The van der Waals surface area contributed by atoms with Crippen molar-refractivity contribution in [2.45, 2.75) is 31.7 Å². The van der Waals surface area contributed by atoms with Crippen molar-refractivity contribution in [3.05, 3.63) is 0 Å². The molecule has 1 N–H and O–H groups in total. The number of nitrogens with zero attached hydrogens (tertiary/aromatic N) is 2. The van der Waals surface area contributed by atoms with Gasteiger partial charge >= 0.3 is 0 Å². The quantitative estimate of drug-likeness (QED) is 0.793. The molecule has 0 amide bonds. The molecule has 2 rings (SSSR count). The van der Waals surface area contributed by atoms with E-state index in [0.29, 0.717) is 25.0 Å². The molecule has 0 aliphatic carbocycles. The van der Waals surface area contributed by atoms with Gasteiger partial charge in [-0.2, -0.15) is 17.0 Å². The molecule has 0 spiro atoms. The van der Waals surface area contributed by atoms with Crippen LogP contribution in [0, 0.1) is 5.92 Å². The highest BCUT2D eigenvalue weighted by atomic mass is 32.2. The van der Waals surface area contributed by atoms with E-state index in [2.05, 4.69) is 5.32 Å². The largest absolute Gasteiger partial charge is 0.314 e. The molecule has 2 aliphatic rings. The molecule has 0 saturated carbocycles. The van der Waals surface area contributed by atoms with E-state index >= 15 is 0 Å². The van der Waals surface area contributed by atoms with Crippen LogP contribution in [0.2, 0.25) is 0 Å². The normalized spacial score (nSPS) is 32.2. The minimum Gasteiger partial charge on any atom is -0.314 e. The van der Waals surface area contributed by atoms with E-state index in [1.54, 1.807) is 18.4 Å². The van der Waals surface area contributed by atoms with Crippen molar-refractivity contribution in [1.82, 2.24) is 13.9 Å². The van der Waals surface area contributed by atoms with Gasteiger partial charge in [-0.3, -0.25) is 0 Å². The first-order valence-electron chi connectivity index (χ1n) is 6.43. The van der Waals surface area contributed by atoms with Crippen LogP contribution in [-0.2, 0) is 10.2 Å². The van der Waals surface area contributed by atoms with Crippen molar-refractivity contribution in [3.63, 3.8) is 0 Å². The first kappa shape index (κ1) is 13.3. The number of hydrogen-bond donors (Lipinski definition) is 1. The fourth-order valence-electron chi connectivity index (χ4n) is 2.86. The van der Waals surface area contributed by atoms with Gasteiger partial charge in [-0.15, -0.1) is 0 Å². The van der Waals surface area contributed by atoms with Crippen LogP contribution in [0.4, 0.5) is 0 Å². The second-order valence-electron chi connectivity index (χ2n) is 5.25.